The number of pyridine rings is 1. The van der Waals surface area contributed by atoms with Gasteiger partial charge in [-0.25, -0.2) is 0 Å². The van der Waals surface area contributed by atoms with E-state index in [9.17, 15) is 0 Å². The first kappa shape index (κ1) is 8.62. The fourth-order valence-corrected chi connectivity index (χ4v) is 1.39. The van der Waals surface area contributed by atoms with Gasteiger partial charge in [0.15, 0.2) is 0 Å². The van der Waals surface area contributed by atoms with Crippen LogP contribution in [-0.4, -0.2) is 29.8 Å². The van der Waals surface area contributed by atoms with Crippen LogP contribution in [0.25, 0.3) is 10.9 Å². The van der Waals surface area contributed by atoms with Crippen molar-refractivity contribution in [3.05, 3.63) is 30.5 Å². The summed E-state index contributed by atoms with van der Waals surface area (Å²) in [6, 6.07) is 7.91. The molecule has 0 saturated heterocycles. The van der Waals surface area contributed by atoms with E-state index in [4.69, 9.17) is 4.74 Å². The topological polar surface area (TPSA) is 22.1 Å². The summed E-state index contributed by atoms with van der Waals surface area (Å²) in [5.41, 5.74) is 1.01. The van der Waals surface area contributed by atoms with Crippen molar-refractivity contribution in [3.8, 4) is 5.75 Å². The van der Waals surface area contributed by atoms with Crippen LogP contribution in [0, 0.1) is 0 Å². The first-order valence-corrected chi connectivity index (χ1v) is 4.20. The van der Waals surface area contributed by atoms with Crippen molar-refractivity contribution < 1.29 is 4.74 Å². The van der Waals surface area contributed by atoms with E-state index in [1.807, 2.05) is 30.5 Å². The van der Waals surface area contributed by atoms with Crippen molar-refractivity contribution in [1.29, 1.82) is 0 Å². The molecular weight excluding hydrogens is 157 g/mol. The monoisotopic (exact) mass is 165 g/mol. The SMILES string of the molecule is [Li][c]1ccnc2ccc(OC)cc12. The van der Waals surface area contributed by atoms with Crippen LogP contribution in [0.5, 0.6) is 5.75 Å². The van der Waals surface area contributed by atoms with Crippen molar-refractivity contribution in [2.45, 2.75) is 0 Å². The van der Waals surface area contributed by atoms with Crippen LogP contribution < -0.4 is 8.97 Å². The molecule has 1 aromatic heterocycles. The van der Waals surface area contributed by atoms with Crippen molar-refractivity contribution in [2.75, 3.05) is 7.11 Å². The summed E-state index contributed by atoms with van der Waals surface area (Å²) < 4.78 is 6.38. The van der Waals surface area contributed by atoms with Gasteiger partial charge in [-0.1, -0.05) is 0 Å². The summed E-state index contributed by atoms with van der Waals surface area (Å²) in [6.07, 6.45) is 1.82. The predicted octanol–water partition coefficient (Wildman–Crippen LogP) is 1.04. The number of aromatic nitrogens is 1. The first-order chi connectivity index (χ1) is 6.31. The van der Waals surface area contributed by atoms with Gasteiger partial charge in [-0.2, -0.15) is 0 Å². The number of hydrogen-bond acceptors (Lipinski definition) is 2. The fraction of sp³-hybridized carbons (Fsp3) is 0.100. The number of benzene rings is 1. The molecule has 0 bridgehead atoms. The van der Waals surface area contributed by atoms with Crippen LogP contribution in [0.4, 0.5) is 0 Å². The zero-order valence-corrected chi connectivity index (χ0v) is 7.74. The molecule has 0 spiro atoms. The number of nitrogens with zero attached hydrogens (tertiary/aromatic N) is 1. The van der Waals surface area contributed by atoms with Gasteiger partial charge in [-0.15, -0.1) is 0 Å². The van der Waals surface area contributed by atoms with Crippen LogP contribution in [0.3, 0.4) is 0 Å². The number of ether oxygens (including phenoxy) is 1. The maximum absolute atomic E-state index is 5.15. The Kier molecular flexibility index (Phi) is 2.26. The van der Waals surface area contributed by atoms with Crippen molar-refractivity contribution in [1.82, 2.24) is 4.98 Å². The maximum atomic E-state index is 5.15. The fourth-order valence-electron chi connectivity index (χ4n) is 1.39. The Labute approximate surface area is 86.1 Å². The van der Waals surface area contributed by atoms with E-state index >= 15 is 0 Å². The summed E-state index contributed by atoms with van der Waals surface area (Å²) in [4.78, 5) is 4.26. The minimum absolute atomic E-state index is 0.878. The third kappa shape index (κ3) is 1.56. The van der Waals surface area contributed by atoms with Crippen LogP contribution >= 0.6 is 0 Å². The molecule has 2 rings (SSSR count). The van der Waals surface area contributed by atoms with Crippen molar-refractivity contribution in [2.24, 2.45) is 0 Å². The Bertz CT molecular complexity index is 442. The molecule has 2 aromatic rings. The van der Waals surface area contributed by atoms with E-state index in [-0.39, 0.29) is 0 Å². The standard InChI is InChI=1S/C10H8NO.Li/c1-12-9-4-5-10-8(7-9)3-2-6-11-10;/h2,4-7H,1H3;. The second kappa shape index (κ2) is 3.41. The van der Waals surface area contributed by atoms with Crippen LogP contribution in [-0.2, 0) is 0 Å². The van der Waals surface area contributed by atoms with Gasteiger partial charge in [-0.05, 0) is 0 Å². The summed E-state index contributed by atoms with van der Waals surface area (Å²) in [5, 5.41) is 1.15. The summed E-state index contributed by atoms with van der Waals surface area (Å²) in [7, 11) is 1.67. The average Bonchev–Trinajstić information content (AvgIpc) is 2.18. The number of methoxy groups -OCH3 is 1. The van der Waals surface area contributed by atoms with E-state index in [1.54, 1.807) is 7.11 Å². The first-order valence-electron chi connectivity index (χ1n) is 4.20. The van der Waals surface area contributed by atoms with Gasteiger partial charge in [0.25, 0.3) is 0 Å². The molecular formula is C10H8LiNO. The third-order valence-corrected chi connectivity index (χ3v) is 2.17. The van der Waals surface area contributed by atoms with Crippen LogP contribution in [0.2, 0.25) is 0 Å². The summed E-state index contributed by atoms with van der Waals surface area (Å²) in [6.45, 7) is 0. The molecule has 0 aliphatic heterocycles. The molecule has 0 atom stereocenters. The van der Waals surface area contributed by atoms with Gasteiger partial charge in [0.1, 0.15) is 0 Å². The third-order valence-electron chi connectivity index (χ3n) is 2.17. The Morgan fingerprint density at radius 2 is 2.15 bits per heavy atom. The zero-order valence-electron chi connectivity index (χ0n) is 7.74. The van der Waals surface area contributed by atoms with E-state index in [2.05, 4.69) is 22.7 Å². The van der Waals surface area contributed by atoms with E-state index < -0.39 is 0 Å². The molecule has 0 radical (unpaired) electrons. The predicted molar refractivity (Wildman–Crippen MR) is 53.7 cm³/mol. The second-order valence-corrected chi connectivity index (χ2v) is 3.01. The normalized spacial score (nSPS) is 10.4. The van der Waals surface area contributed by atoms with E-state index in [1.165, 1.54) is 4.24 Å². The van der Waals surface area contributed by atoms with Gasteiger partial charge in [0.2, 0.25) is 0 Å². The quantitative estimate of drug-likeness (QED) is 0.589. The summed E-state index contributed by atoms with van der Waals surface area (Å²) in [5.74, 6) is 0.878. The van der Waals surface area contributed by atoms with Crippen LogP contribution in [0.1, 0.15) is 0 Å². The minimum atomic E-state index is 0.878. The second-order valence-electron chi connectivity index (χ2n) is 3.01. The molecule has 13 heavy (non-hydrogen) atoms. The average molecular weight is 165 g/mol. The molecule has 0 fully saturated rings. The number of hydrogen-bond donors (Lipinski definition) is 0. The van der Waals surface area contributed by atoms with E-state index in [0.29, 0.717) is 0 Å². The van der Waals surface area contributed by atoms with Gasteiger partial charge >= 0.3 is 85.9 Å². The molecule has 0 aliphatic rings. The van der Waals surface area contributed by atoms with Crippen LogP contribution in [0.15, 0.2) is 30.5 Å². The zero-order chi connectivity index (χ0) is 9.26. The molecule has 0 aliphatic carbocycles. The Hall–Kier alpha value is -0.973. The van der Waals surface area contributed by atoms with Crippen molar-refractivity contribution >= 4 is 32.9 Å². The van der Waals surface area contributed by atoms with Gasteiger partial charge in [-0.3, -0.25) is 0 Å². The molecule has 0 unspecified atom stereocenters. The molecule has 3 heteroatoms. The van der Waals surface area contributed by atoms with Crippen molar-refractivity contribution in [3.63, 3.8) is 0 Å². The molecule has 1 heterocycles. The molecule has 0 N–H and O–H groups in total. The van der Waals surface area contributed by atoms with Gasteiger partial charge in [0.05, 0.1) is 0 Å². The Morgan fingerprint density at radius 3 is 2.92 bits per heavy atom. The molecule has 0 saturated carbocycles. The Balaban J connectivity index is 2.74. The number of rotatable bonds is 1. The van der Waals surface area contributed by atoms with Gasteiger partial charge < -0.3 is 0 Å². The summed E-state index contributed by atoms with van der Waals surface area (Å²) >= 11 is 2.07. The molecule has 60 valence electrons. The molecule has 0 amide bonds. The number of fused-ring (bicyclic) bond motifs is 1. The molecule has 2 nitrogen and oxygen atoms in total. The Morgan fingerprint density at radius 1 is 1.31 bits per heavy atom. The van der Waals surface area contributed by atoms with E-state index in [0.717, 1.165) is 16.7 Å². The molecule has 1 aromatic carbocycles. The van der Waals surface area contributed by atoms with Gasteiger partial charge in [0, 0.05) is 0 Å².